The molecule has 5 aromatic carbocycles. The Morgan fingerprint density at radius 1 is 0.691 bits per heavy atom. The molecular weight excluding hydrogens is 865 g/mol. The van der Waals surface area contributed by atoms with Gasteiger partial charge in [-0.15, -0.1) is 53.6 Å². The summed E-state index contributed by atoms with van der Waals surface area (Å²) in [5.74, 6) is -0.201. The van der Waals surface area contributed by atoms with Crippen LogP contribution in [0.5, 0.6) is 0 Å². The first kappa shape index (κ1) is 38.3. The van der Waals surface area contributed by atoms with Gasteiger partial charge in [0.2, 0.25) is 0 Å². The van der Waals surface area contributed by atoms with E-state index in [1.54, 1.807) is 0 Å². The van der Waals surface area contributed by atoms with Gasteiger partial charge in [-0.2, -0.15) is 0 Å². The van der Waals surface area contributed by atoms with Crippen molar-refractivity contribution in [3.05, 3.63) is 163 Å². The summed E-state index contributed by atoms with van der Waals surface area (Å²) in [6.45, 7) is 17.4. The van der Waals surface area contributed by atoms with E-state index in [1.165, 1.54) is 33.0 Å². The fraction of sp³-hybridized carbons (Fsp3) is 0.200. The summed E-state index contributed by atoms with van der Waals surface area (Å²) in [5, 5.41) is 3.48. The summed E-state index contributed by atoms with van der Waals surface area (Å²) in [6.07, 6.45) is 3.87. The molecule has 0 saturated carbocycles. The average Bonchev–Trinajstić information content (AvgIpc) is 3.56. The smallest absolute Gasteiger partial charge is 0.121 e. The van der Waals surface area contributed by atoms with Gasteiger partial charge in [0.15, 0.2) is 0 Å². The molecule has 0 spiro atoms. The van der Waals surface area contributed by atoms with Crippen molar-refractivity contribution < 1.29 is 25.9 Å². The van der Waals surface area contributed by atoms with Crippen LogP contribution in [0.1, 0.15) is 57.6 Å². The second-order valence-electron chi connectivity index (χ2n) is 15.6. The quantitative estimate of drug-likeness (QED) is 0.118. The van der Waals surface area contributed by atoms with Crippen molar-refractivity contribution in [1.29, 1.82) is 0 Å². The first-order valence-electron chi connectivity index (χ1n) is 19.3. The van der Waals surface area contributed by atoms with E-state index in [4.69, 9.17) is 10.8 Å². The van der Waals surface area contributed by atoms with Crippen molar-refractivity contribution in [3.63, 3.8) is 0 Å². The van der Waals surface area contributed by atoms with Crippen molar-refractivity contribution in [2.75, 3.05) is 0 Å². The van der Waals surface area contributed by atoms with Crippen LogP contribution in [0.2, 0.25) is 19.6 Å². The number of furan rings is 1. The zero-order chi connectivity index (χ0) is 38.9. The Morgan fingerprint density at radius 3 is 2.16 bits per heavy atom. The van der Waals surface area contributed by atoms with Crippen molar-refractivity contribution >= 4 is 35.2 Å². The van der Waals surface area contributed by atoms with Crippen LogP contribution in [0.15, 0.2) is 138 Å². The van der Waals surface area contributed by atoms with Crippen LogP contribution < -0.4 is 5.19 Å². The topological polar surface area (TPSA) is 38.9 Å². The number of benzene rings is 5. The van der Waals surface area contributed by atoms with Gasteiger partial charge in [0.25, 0.3) is 0 Å². The largest absolute Gasteiger partial charge is 0.501 e. The summed E-state index contributed by atoms with van der Waals surface area (Å²) >= 11 is 0. The van der Waals surface area contributed by atoms with E-state index in [0.29, 0.717) is 5.92 Å². The Balaban J connectivity index is 0.000000188. The molecule has 0 N–H and O–H groups in total. The van der Waals surface area contributed by atoms with E-state index in [-0.39, 0.29) is 20.1 Å². The zero-order valence-corrected chi connectivity index (χ0v) is 36.3. The summed E-state index contributed by atoms with van der Waals surface area (Å²) in [4.78, 5) is 9.34. The van der Waals surface area contributed by atoms with Crippen LogP contribution in [-0.4, -0.2) is 18.0 Å². The zero-order valence-electron chi connectivity index (χ0n) is 33.9. The fourth-order valence-corrected chi connectivity index (χ4v) is 8.56. The molecule has 0 amide bonds. The van der Waals surface area contributed by atoms with Gasteiger partial charge in [-0.25, -0.2) is 0 Å². The van der Waals surface area contributed by atoms with Crippen LogP contribution in [0.25, 0.3) is 66.7 Å². The first-order valence-corrected chi connectivity index (χ1v) is 22.3. The van der Waals surface area contributed by atoms with E-state index in [0.717, 1.165) is 55.6 Å². The number of rotatable bonds is 7. The van der Waals surface area contributed by atoms with Crippen LogP contribution in [0.3, 0.4) is 0 Å². The minimum Gasteiger partial charge on any atom is -0.501 e. The summed E-state index contributed by atoms with van der Waals surface area (Å²) in [6, 6.07) is 48.4. The third-order valence-electron chi connectivity index (χ3n) is 10.0. The summed E-state index contributed by atoms with van der Waals surface area (Å²) in [5.41, 5.74) is 13.8. The summed E-state index contributed by atoms with van der Waals surface area (Å²) < 4.78 is 15.0. The minimum absolute atomic E-state index is 0. The van der Waals surface area contributed by atoms with Gasteiger partial charge in [-0.3, -0.25) is 0 Å². The molecule has 0 atom stereocenters. The molecule has 55 heavy (non-hydrogen) atoms. The molecule has 0 unspecified atom stereocenters. The Hall–Kier alpha value is -4.93. The number of fused-ring (bicyclic) bond motifs is 3. The average molecular weight is 914 g/mol. The maximum Gasteiger partial charge on any atom is 0.121 e. The minimum atomic E-state index is -1.57. The number of aryl methyl sites for hydroxylation is 1. The molecule has 279 valence electrons. The van der Waals surface area contributed by atoms with E-state index in [1.807, 2.05) is 56.6 Å². The predicted molar refractivity (Wildman–Crippen MR) is 231 cm³/mol. The van der Waals surface area contributed by atoms with E-state index in [9.17, 15) is 0 Å². The Labute approximate surface area is 342 Å². The van der Waals surface area contributed by atoms with Crippen LogP contribution in [0.4, 0.5) is 0 Å². The van der Waals surface area contributed by atoms with Gasteiger partial charge >= 0.3 is 0 Å². The molecule has 0 fully saturated rings. The number of hydrogen-bond acceptors (Lipinski definition) is 3. The molecule has 0 aliphatic rings. The Morgan fingerprint density at radius 2 is 1.44 bits per heavy atom. The van der Waals surface area contributed by atoms with Gasteiger partial charge < -0.3 is 14.4 Å². The molecule has 3 nitrogen and oxygen atoms in total. The monoisotopic (exact) mass is 914 g/mol. The molecule has 0 aliphatic heterocycles. The van der Waals surface area contributed by atoms with Crippen LogP contribution >= 0.6 is 0 Å². The van der Waals surface area contributed by atoms with Crippen molar-refractivity contribution in [3.8, 4) is 44.8 Å². The number of aromatic nitrogens is 2. The number of nitrogens with zero attached hydrogens (tertiary/aromatic N) is 2. The van der Waals surface area contributed by atoms with Crippen LogP contribution in [0, 0.1) is 19.1 Å². The molecule has 1 radical (unpaired) electrons. The van der Waals surface area contributed by atoms with Crippen LogP contribution in [-0.2, 0) is 20.1 Å². The molecule has 8 rings (SSSR count). The van der Waals surface area contributed by atoms with E-state index in [2.05, 4.69) is 149 Å². The number of hydrogen-bond donors (Lipinski definition) is 0. The SMILES string of the molecule is Cc1ccccc1-c1ccc2c(c1)oc1c(-c3cc(C(C)C)ccn3)[c-]ccc12.[2H]C(C)(C)c1cc(-c2[c-]ccc(-c3ccccc3)c2)ncc1[Si](C)(C)C.[Ir]. The van der Waals surface area contributed by atoms with Gasteiger partial charge in [-0.1, -0.05) is 148 Å². The molecule has 0 bridgehead atoms. The van der Waals surface area contributed by atoms with Gasteiger partial charge in [-0.05, 0) is 69.7 Å². The molecule has 0 aliphatic carbocycles. The van der Waals surface area contributed by atoms with Crippen molar-refractivity contribution in [1.82, 2.24) is 9.97 Å². The molecule has 5 heteroatoms. The third-order valence-corrected chi connectivity index (χ3v) is 12.0. The molecule has 0 saturated heterocycles. The molecule has 8 aromatic rings. The molecule has 3 aromatic heterocycles. The standard InChI is InChI=1S/C27H22NO.C23H26NSi.Ir/c1-17(2)19-13-14-28-25(15-19)24-10-6-9-23-22-12-11-20(16-26(22)29-27(23)24)21-8-5-4-7-18(21)3;1-17(2)21-15-22(24-16-23(21)25(3,4)5)20-13-9-12-19(14-20)18-10-7-6-8-11-18;/h4-9,11-17H,1-3H3;6-12,14-17H,1-5H3;/q2*-1;/i;17D;. The maximum absolute atomic E-state index is 8.61. The number of pyridine rings is 2. The third kappa shape index (κ3) is 8.65. The van der Waals surface area contributed by atoms with Gasteiger partial charge in [0.05, 0.1) is 13.7 Å². The molecule has 3 heterocycles. The maximum atomic E-state index is 8.61. The van der Waals surface area contributed by atoms with E-state index >= 15 is 0 Å². The van der Waals surface area contributed by atoms with Crippen molar-refractivity contribution in [2.24, 2.45) is 0 Å². The Kier molecular flexibility index (Phi) is 11.7. The normalized spacial score (nSPS) is 11.9. The van der Waals surface area contributed by atoms with E-state index < -0.39 is 14.0 Å². The Bertz CT molecular complexity index is 2620. The summed E-state index contributed by atoms with van der Waals surface area (Å²) in [7, 11) is -1.57. The van der Waals surface area contributed by atoms with Gasteiger partial charge in [0.1, 0.15) is 5.58 Å². The second-order valence-corrected chi connectivity index (χ2v) is 20.6. The first-order chi connectivity index (χ1) is 26.3. The molecular formula is C50H48IrN2OSi-2. The second kappa shape index (κ2) is 16.8. The fourth-order valence-electron chi connectivity index (χ4n) is 6.98. The predicted octanol–water partition coefficient (Wildman–Crippen LogP) is 13.4. The van der Waals surface area contributed by atoms with Crippen molar-refractivity contribution in [2.45, 2.75) is 66.1 Å². The van der Waals surface area contributed by atoms with Gasteiger partial charge in [0, 0.05) is 39.3 Å².